The zero-order valence-electron chi connectivity index (χ0n) is 27.7. The number of nitrogens with one attached hydrogen (secondary N) is 1. The third kappa shape index (κ3) is 6.35. The molecule has 1 unspecified atom stereocenters. The highest BCUT2D eigenvalue weighted by molar-refractivity contribution is 5.96. The van der Waals surface area contributed by atoms with Crippen molar-refractivity contribution < 1.29 is 23.5 Å². The molecule has 1 aliphatic heterocycles. The van der Waals surface area contributed by atoms with E-state index in [1.54, 1.807) is 12.1 Å². The van der Waals surface area contributed by atoms with Gasteiger partial charge >= 0.3 is 6.09 Å². The van der Waals surface area contributed by atoms with Crippen LogP contribution in [0.15, 0.2) is 84.9 Å². The second kappa shape index (κ2) is 12.0. The maximum atomic E-state index is 13.8. The van der Waals surface area contributed by atoms with Crippen molar-refractivity contribution in [3.8, 4) is 17.1 Å². The van der Waals surface area contributed by atoms with Crippen LogP contribution in [0.3, 0.4) is 0 Å². The van der Waals surface area contributed by atoms with E-state index in [9.17, 15) is 14.0 Å². The molecule has 1 saturated heterocycles. The Bertz CT molecular complexity index is 2050. The van der Waals surface area contributed by atoms with Crippen LogP contribution in [0.2, 0.25) is 0 Å². The smallest absolute Gasteiger partial charge is 0.408 e. The van der Waals surface area contributed by atoms with Gasteiger partial charge in [-0.2, -0.15) is 5.10 Å². The lowest BCUT2D eigenvalue weighted by Crippen LogP contribution is -2.41. The number of aryl methyl sites for hydroxylation is 1. The number of ether oxygens (including phenoxy) is 2. The van der Waals surface area contributed by atoms with Gasteiger partial charge in [-0.05, 0) is 93.3 Å². The van der Waals surface area contributed by atoms with Gasteiger partial charge in [0.25, 0.3) is 5.91 Å². The fourth-order valence-electron chi connectivity index (χ4n) is 6.96. The minimum atomic E-state index is -0.847. The summed E-state index contributed by atoms with van der Waals surface area (Å²) in [5.74, 6) is 0.978. The summed E-state index contributed by atoms with van der Waals surface area (Å²) in [6, 6.07) is 25.3. The summed E-state index contributed by atoms with van der Waals surface area (Å²) < 4.78 is 27.8. The number of likely N-dealkylation sites (tertiary alicyclic amines) is 1. The van der Waals surface area contributed by atoms with Gasteiger partial charge in [0.15, 0.2) is 0 Å². The SMILES string of the molecule is Cc1cc2cc(C(=O)N3C[C@@H]4C(Oc5cc(C(C)(C)NC(=O)OCc6ccccc6)cc(-c6ccc(F)cc6)n5)[C@@H]4C3)cc(C3CC3)n2n1. The van der Waals surface area contributed by atoms with Gasteiger partial charge in [-0.3, -0.25) is 4.79 Å². The number of benzene rings is 2. The number of alkyl carbamates (subject to hydrolysis) is 1. The van der Waals surface area contributed by atoms with Crippen LogP contribution >= 0.6 is 0 Å². The van der Waals surface area contributed by atoms with Crippen LogP contribution in [0.1, 0.15) is 65.5 Å². The average molecular weight is 660 g/mol. The molecule has 10 heteroatoms. The highest BCUT2D eigenvalue weighted by atomic mass is 19.1. The molecule has 3 atom stereocenters. The Morgan fingerprint density at radius 2 is 1.69 bits per heavy atom. The maximum Gasteiger partial charge on any atom is 0.408 e. The molecule has 2 aliphatic carbocycles. The molecule has 0 spiro atoms. The van der Waals surface area contributed by atoms with E-state index < -0.39 is 11.6 Å². The van der Waals surface area contributed by atoms with E-state index in [1.165, 1.54) is 12.1 Å². The zero-order chi connectivity index (χ0) is 33.9. The average Bonchev–Trinajstić information content (AvgIpc) is 3.95. The van der Waals surface area contributed by atoms with Gasteiger partial charge in [0.2, 0.25) is 5.88 Å². The zero-order valence-corrected chi connectivity index (χ0v) is 27.7. The molecule has 3 aliphatic rings. The molecule has 49 heavy (non-hydrogen) atoms. The topological polar surface area (TPSA) is 98.1 Å². The molecule has 250 valence electrons. The predicted molar refractivity (Wildman–Crippen MR) is 182 cm³/mol. The molecule has 0 radical (unpaired) electrons. The van der Waals surface area contributed by atoms with Gasteiger partial charge in [0.05, 0.1) is 22.4 Å². The number of hydrogen-bond acceptors (Lipinski definition) is 6. The van der Waals surface area contributed by atoms with E-state index in [-0.39, 0.29) is 36.3 Å². The van der Waals surface area contributed by atoms with E-state index in [4.69, 9.17) is 14.5 Å². The number of piperidine rings is 1. The Kier molecular flexibility index (Phi) is 7.61. The number of carbonyl (C=O) groups excluding carboxylic acids is 2. The van der Waals surface area contributed by atoms with Gasteiger partial charge in [-0.25, -0.2) is 18.7 Å². The van der Waals surface area contributed by atoms with Crippen LogP contribution in [-0.4, -0.2) is 50.7 Å². The van der Waals surface area contributed by atoms with E-state index in [2.05, 4.69) is 10.4 Å². The highest BCUT2D eigenvalue weighted by Gasteiger charge is 2.59. The lowest BCUT2D eigenvalue weighted by Gasteiger charge is -2.27. The number of fused-ring (bicyclic) bond motifs is 2. The summed E-state index contributed by atoms with van der Waals surface area (Å²) in [7, 11) is 0. The lowest BCUT2D eigenvalue weighted by molar-refractivity contribution is 0.0751. The Balaban J connectivity index is 0.977. The third-order valence-electron chi connectivity index (χ3n) is 9.90. The standard InChI is InChI=1S/C39H38FN5O4/c1-23-15-30-16-27(17-34(26-9-10-26)45(30)43-23)37(46)44-20-31-32(21-44)36(31)49-35-19-28(18-33(41-35)25-11-13-29(40)14-12-25)39(2,3)42-38(47)48-22-24-7-5-4-6-8-24/h4-8,11-19,26,31-32,36H,9-10,20-22H2,1-3H3,(H,42,47)/t31-,32+,36?. The first-order chi connectivity index (χ1) is 23.6. The number of nitrogens with zero attached hydrogens (tertiary/aromatic N) is 4. The van der Waals surface area contributed by atoms with Gasteiger partial charge in [-0.1, -0.05) is 30.3 Å². The maximum absolute atomic E-state index is 13.8. The fraction of sp³-hybridized carbons (Fsp3) is 0.333. The fourth-order valence-corrected chi connectivity index (χ4v) is 6.96. The first kappa shape index (κ1) is 31.0. The first-order valence-electron chi connectivity index (χ1n) is 16.8. The minimum Gasteiger partial charge on any atom is -0.474 e. The summed E-state index contributed by atoms with van der Waals surface area (Å²) >= 11 is 0. The Morgan fingerprint density at radius 3 is 2.41 bits per heavy atom. The third-order valence-corrected chi connectivity index (χ3v) is 9.90. The molecule has 5 aromatic rings. The molecular weight excluding hydrogens is 621 g/mol. The van der Waals surface area contributed by atoms with E-state index >= 15 is 0 Å². The molecule has 1 N–H and O–H groups in total. The van der Waals surface area contributed by atoms with Crippen LogP contribution in [-0.2, 0) is 16.9 Å². The number of carbonyl (C=O) groups is 2. The van der Waals surface area contributed by atoms with Crippen LogP contribution in [0.4, 0.5) is 9.18 Å². The molecule has 3 fully saturated rings. The van der Waals surface area contributed by atoms with Crippen molar-refractivity contribution in [2.45, 2.75) is 57.8 Å². The minimum absolute atomic E-state index is 0.0416. The van der Waals surface area contributed by atoms with Crippen LogP contribution in [0, 0.1) is 24.6 Å². The van der Waals surface area contributed by atoms with Crippen molar-refractivity contribution in [1.29, 1.82) is 0 Å². The van der Waals surface area contributed by atoms with Crippen molar-refractivity contribution >= 4 is 17.5 Å². The van der Waals surface area contributed by atoms with Crippen molar-refractivity contribution in [1.82, 2.24) is 24.8 Å². The van der Waals surface area contributed by atoms with Gasteiger partial charge in [0, 0.05) is 53.7 Å². The predicted octanol–water partition coefficient (Wildman–Crippen LogP) is 7.03. The summed E-state index contributed by atoms with van der Waals surface area (Å²) in [4.78, 5) is 33.3. The van der Waals surface area contributed by atoms with E-state index in [0.717, 1.165) is 46.4 Å². The largest absolute Gasteiger partial charge is 0.474 e. The Labute approximate surface area is 284 Å². The summed E-state index contributed by atoms with van der Waals surface area (Å²) in [5.41, 5.74) is 5.85. The molecule has 2 amide bonds. The lowest BCUT2D eigenvalue weighted by atomic mass is 9.93. The quantitative estimate of drug-likeness (QED) is 0.183. The van der Waals surface area contributed by atoms with Gasteiger partial charge < -0.3 is 19.7 Å². The van der Waals surface area contributed by atoms with Gasteiger partial charge in [0.1, 0.15) is 18.5 Å². The molecule has 9 nitrogen and oxygen atoms in total. The number of rotatable bonds is 9. The number of aromatic nitrogens is 3. The van der Waals surface area contributed by atoms with Crippen molar-refractivity contribution in [3.05, 3.63) is 119 Å². The molecule has 4 heterocycles. The summed E-state index contributed by atoms with van der Waals surface area (Å²) in [6.07, 6.45) is 1.62. The van der Waals surface area contributed by atoms with Crippen LogP contribution in [0.25, 0.3) is 16.8 Å². The van der Waals surface area contributed by atoms with Crippen LogP contribution < -0.4 is 10.1 Å². The van der Waals surface area contributed by atoms with Crippen LogP contribution in [0.5, 0.6) is 5.88 Å². The monoisotopic (exact) mass is 659 g/mol. The number of pyridine rings is 2. The number of halogens is 1. The molecule has 3 aromatic heterocycles. The number of amides is 2. The molecule has 2 saturated carbocycles. The molecular formula is C39H38FN5O4. The second-order valence-electron chi connectivity index (χ2n) is 14.1. The molecule has 8 rings (SSSR count). The molecule has 0 bridgehead atoms. The normalized spacial score (nSPS) is 19.8. The number of hydrogen-bond donors (Lipinski definition) is 1. The Morgan fingerprint density at radius 1 is 0.959 bits per heavy atom. The van der Waals surface area contributed by atoms with Gasteiger partial charge in [-0.15, -0.1) is 0 Å². The summed E-state index contributed by atoms with van der Waals surface area (Å²) in [6.45, 7) is 7.12. The highest BCUT2D eigenvalue weighted by Crippen LogP contribution is 2.49. The molecule has 2 aromatic carbocycles. The van der Waals surface area contributed by atoms with E-state index in [0.29, 0.717) is 36.1 Å². The Hall–Kier alpha value is -5.25. The van der Waals surface area contributed by atoms with Crippen molar-refractivity contribution in [2.24, 2.45) is 11.8 Å². The first-order valence-corrected chi connectivity index (χ1v) is 16.8. The summed E-state index contributed by atoms with van der Waals surface area (Å²) in [5, 5.41) is 7.62. The second-order valence-corrected chi connectivity index (χ2v) is 14.1. The van der Waals surface area contributed by atoms with E-state index in [1.807, 2.05) is 90.9 Å². The van der Waals surface area contributed by atoms with Crippen molar-refractivity contribution in [2.75, 3.05) is 13.1 Å². The van der Waals surface area contributed by atoms with Crippen molar-refractivity contribution in [3.63, 3.8) is 0 Å².